The zero-order chi connectivity index (χ0) is 21.8. The van der Waals surface area contributed by atoms with Crippen LogP contribution in [0.25, 0.3) is 11.2 Å². The summed E-state index contributed by atoms with van der Waals surface area (Å²) in [4.78, 5) is 38.2. The first-order valence-electron chi connectivity index (χ1n) is 9.45. The van der Waals surface area contributed by atoms with Crippen LogP contribution in [-0.2, 0) is 11.3 Å². The number of hydrogen-bond donors (Lipinski definition) is 1. The summed E-state index contributed by atoms with van der Waals surface area (Å²) in [6.07, 6.45) is 2.88. The van der Waals surface area contributed by atoms with E-state index in [4.69, 9.17) is 0 Å². The monoisotopic (exact) mass is 435 g/mol. The van der Waals surface area contributed by atoms with Crippen molar-refractivity contribution in [3.63, 3.8) is 0 Å². The van der Waals surface area contributed by atoms with Crippen molar-refractivity contribution in [2.75, 3.05) is 11.1 Å². The van der Waals surface area contributed by atoms with Gasteiger partial charge in [-0.25, -0.2) is 19.3 Å². The Bertz CT molecular complexity index is 1310. The maximum Gasteiger partial charge on any atom is 0.282 e. The molecule has 156 valence electrons. The summed E-state index contributed by atoms with van der Waals surface area (Å²) in [5, 5.41) is 3.20. The highest BCUT2D eigenvalue weighted by molar-refractivity contribution is 7.99. The second-order valence-electron chi connectivity index (χ2n) is 6.79. The van der Waals surface area contributed by atoms with E-state index >= 15 is 0 Å². The number of halogens is 1. The van der Waals surface area contributed by atoms with Gasteiger partial charge in [0.2, 0.25) is 5.91 Å². The summed E-state index contributed by atoms with van der Waals surface area (Å²) < 4.78 is 14.7. The van der Waals surface area contributed by atoms with E-state index in [1.165, 1.54) is 29.1 Å². The van der Waals surface area contributed by atoms with Gasteiger partial charge in [-0.15, -0.1) is 0 Å². The van der Waals surface area contributed by atoms with E-state index in [1.807, 2.05) is 31.2 Å². The molecule has 2 aromatic heterocycles. The van der Waals surface area contributed by atoms with E-state index < -0.39 is 0 Å². The first kappa shape index (κ1) is 20.7. The van der Waals surface area contributed by atoms with Crippen LogP contribution in [0.5, 0.6) is 0 Å². The average molecular weight is 435 g/mol. The molecule has 0 aliphatic carbocycles. The number of amides is 1. The van der Waals surface area contributed by atoms with Gasteiger partial charge < -0.3 is 5.32 Å². The van der Waals surface area contributed by atoms with Gasteiger partial charge in [0.25, 0.3) is 5.56 Å². The Hall–Kier alpha value is -3.59. The number of aryl methyl sites for hydroxylation is 1. The fourth-order valence-electron chi connectivity index (χ4n) is 2.98. The fraction of sp³-hybridized carbons (Fsp3) is 0.136. The number of carbonyl (C=O) groups excluding carboxylic acids is 1. The normalized spacial score (nSPS) is 10.9. The van der Waals surface area contributed by atoms with Crippen LogP contribution in [0.2, 0.25) is 0 Å². The Labute approximate surface area is 181 Å². The highest BCUT2D eigenvalue weighted by atomic mass is 32.2. The lowest BCUT2D eigenvalue weighted by Gasteiger charge is -2.13. The third-order valence-electron chi connectivity index (χ3n) is 4.56. The molecular weight excluding hydrogens is 417 g/mol. The molecule has 0 atom stereocenters. The molecule has 0 aliphatic heterocycles. The summed E-state index contributed by atoms with van der Waals surface area (Å²) in [5.74, 6) is -0.530. The van der Waals surface area contributed by atoms with Crippen LogP contribution < -0.4 is 10.9 Å². The number of carbonyl (C=O) groups is 1. The molecular formula is C22H18FN5O2S. The van der Waals surface area contributed by atoms with Gasteiger partial charge in [-0.1, -0.05) is 42.1 Å². The van der Waals surface area contributed by atoms with Gasteiger partial charge in [-0.3, -0.25) is 14.2 Å². The number of anilines is 1. The quantitative estimate of drug-likeness (QED) is 0.369. The number of benzene rings is 2. The lowest BCUT2D eigenvalue weighted by molar-refractivity contribution is -0.113. The maximum atomic E-state index is 13.3. The van der Waals surface area contributed by atoms with Crippen LogP contribution in [0.3, 0.4) is 0 Å². The lowest BCUT2D eigenvalue weighted by Crippen LogP contribution is -2.26. The highest BCUT2D eigenvalue weighted by Crippen LogP contribution is 2.19. The SMILES string of the molecule is Cc1ccccc1NC(=O)CSc1nc2nccnc2c(=O)n1Cc1ccc(F)cc1. The summed E-state index contributed by atoms with van der Waals surface area (Å²) in [6.45, 7) is 2.08. The number of para-hydroxylation sites is 1. The first-order chi connectivity index (χ1) is 15.0. The standard InChI is InChI=1S/C22H18FN5O2S/c1-14-4-2-3-5-17(14)26-18(29)13-31-22-27-20-19(24-10-11-25-20)21(30)28(22)12-15-6-8-16(23)9-7-15/h2-11H,12-13H2,1H3,(H,26,29). The van der Waals surface area contributed by atoms with Crippen molar-refractivity contribution in [3.8, 4) is 0 Å². The van der Waals surface area contributed by atoms with Crippen molar-refractivity contribution < 1.29 is 9.18 Å². The molecule has 0 aliphatic rings. The van der Waals surface area contributed by atoms with E-state index in [9.17, 15) is 14.0 Å². The molecule has 4 aromatic rings. The molecule has 2 heterocycles. The third-order valence-corrected chi connectivity index (χ3v) is 5.54. The summed E-state index contributed by atoms with van der Waals surface area (Å²) in [5.41, 5.74) is 2.38. The fourth-order valence-corrected chi connectivity index (χ4v) is 3.77. The second-order valence-corrected chi connectivity index (χ2v) is 7.73. The molecule has 2 aromatic carbocycles. The van der Waals surface area contributed by atoms with Gasteiger partial charge in [-0.2, -0.15) is 0 Å². The number of nitrogens with one attached hydrogen (secondary N) is 1. The largest absolute Gasteiger partial charge is 0.325 e. The van der Waals surface area contributed by atoms with E-state index in [-0.39, 0.29) is 40.7 Å². The molecule has 31 heavy (non-hydrogen) atoms. The zero-order valence-corrected chi connectivity index (χ0v) is 17.4. The van der Waals surface area contributed by atoms with Crippen molar-refractivity contribution in [2.45, 2.75) is 18.6 Å². The van der Waals surface area contributed by atoms with Crippen molar-refractivity contribution in [1.82, 2.24) is 19.5 Å². The van der Waals surface area contributed by atoms with E-state index in [0.717, 1.165) is 28.6 Å². The zero-order valence-electron chi connectivity index (χ0n) is 16.6. The predicted molar refractivity (Wildman–Crippen MR) is 118 cm³/mol. The Morgan fingerprint density at radius 3 is 2.61 bits per heavy atom. The highest BCUT2D eigenvalue weighted by Gasteiger charge is 2.15. The Kier molecular flexibility index (Phi) is 6.03. The third kappa shape index (κ3) is 4.77. The van der Waals surface area contributed by atoms with E-state index in [0.29, 0.717) is 5.16 Å². The average Bonchev–Trinajstić information content (AvgIpc) is 2.77. The number of fused-ring (bicyclic) bond motifs is 1. The second kappa shape index (κ2) is 9.05. The van der Waals surface area contributed by atoms with Crippen molar-refractivity contribution in [2.24, 2.45) is 0 Å². The molecule has 0 unspecified atom stereocenters. The number of rotatable bonds is 6. The van der Waals surface area contributed by atoms with E-state index in [1.54, 1.807) is 12.1 Å². The molecule has 0 saturated carbocycles. The number of hydrogen-bond acceptors (Lipinski definition) is 6. The van der Waals surface area contributed by atoms with Crippen LogP contribution in [0, 0.1) is 12.7 Å². The van der Waals surface area contributed by atoms with Crippen molar-refractivity contribution >= 4 is 34.5 Å². The molecule has 0 bridgehead atoms. The van der Waals surface area contributed by atoms with Crippen molar-refractivity contribution in [3.05, 3.63) is 88.2 Å². The Morgan fingerprint density at radius 2 is 1.84 bits per heavy atom. The molecule has 1 amide bonds. The number of thioether (sulfide) groups is 1. The molecule has 0 saturated heterocycles. The molecule has 0 radical (unpaired) electrons. The smallest absolute Gasteiger partial charge is 0.282 e. The number of aromatic nitrogens is 4. The van der Waals surface area contributed by atoms with Gasteiger partial charge in [0.1, 0.15) is 5.82 Å². The van der Waals surface area contributed by atoms with Gasteiger partial charge in [0.15, 0.2) is 16.3 Å². The van der Waals surface area contributed by atoms with Crippen LogP contribution in [0.4, 0.5) is 10.1 Å². The van der Waals surface area contributed by atoms with Gasteiger partial charge in [0.05, 0.1) is 12.3 Å². The van der Waals surface area contributed by atoms with Crippen LogP contribution in [0.1, 0.15) is 11.1 Å². The predicted octanol–water partition coefficient (Wildman–Crippen LogP) is 3.41. The van der Waals surface area contributed by atoms with Crippen LogP contribution in [0.15, 0.2) is 70.9 Å². The summed E-state index contributed by atoms with van der Waals surface area (Å²) >= 11 is 1.13. The van der Waals surface area contributed by atoms with Crippen LogP contribution >= 0.6 is 11.8 Å². The topological polar surface area (TPSA) is 89.8 Å². The van der Waals surface area contributed by atoms with Gasteiger partial charge >= 0.3 is 0 Å². The van der Waals surface area contributed by atoms with E-state index in [2.05, 4.69) is 20.3 Å². The molecule has 1 N–H and O–H groups in total. The minimum absolute atomic E-state index is 0.0515. The maximum absolute atomic E-state index is 13.3. The Morgan fingerprint density at radius 1 is 1.10 bits per heavy atom. The molecule has 0 fully saturated rings. The molecule has 9 heteroatoms. The van der Waals surface area contributed by atoms with Gasteiger partial charge in [-0.05, 0) is 36.2 Å². The molecule has 4 rings (SSSR count). The number of nitrogens with zero attached hydrogens (tertiary/aromatic N) is 4. The summed E-state index contributed by atoms with van der Waals surface area (Å²) in [6, 6.07) is 13.3. The minimum atomic E-state index is -0.371. The first-order valence-corrected chi connectivity index (χ1v) is 10.4. The summed E-state index contributed by atoms with van der Waals surface area (Å²) in [7, 11) is 0. The Balaban J connectivity index is 1.62. The minimum Gasteiger partial charge on any atom is -0.325 e. The molecule has 0 spiro atoms. The lowest BCUT2D eigenvalue weighted by atomic mass is 10.2. The van der Waals surface area contributed by atoms with Gasteiger partial charge in [0, 0.05) is 18.1 Å². The van der Waals surface area contributed by atoms with Crippen molar-refractivity contribution in [1.29, 1.82) is 0 Å². The molecule has 7 nitrogen and oxygen atoms in total. The van der Waals surface area contributed by atoms with Crippen LogP contribution in [-0.4, -0.2) is 31.2 Å².